The standard InChI is InChI=1S/C29H38BrN3O2/c1-2-3-4-5-6-7-11-18-27(34)35-25-17-13-12-16-24(25)28-29(31-23-14-9-8-10-15-23)33-21-22(30)19-20-26(33)32-28/h12-13,16-17,19-21,23,31H,2-11,14-15,18H2,1H3. The number of nitrogens with zero attached hydrogens (tertiary/aromatic N) is 2. The smallest absolute Gasteiger partial charge is 0.311 e. The zero-order valence-electron chi connectivity index (χ0n) is 20.9. The number of fused-ring (bicyclic) bond motifs is 1. The van der Waals surface area contributed by atoms with Crippen LogP contribution in [0.3, 0.4) is 0 Å². The van der Waals surface area contributed by atoms with E-state index in [9.17, 15) is 4.79 Å². The molecule has 4 rings (SSSR count). The Bertz CT molecular complexity index is 1100. The van der Waals surface area contributed by atoms with E-state index in [0.29, 0.717) is 18.2 Å². The number of carbonyl (C=O) groups excluding carboxylic acids is 1. The summed E-state index contributed by atoms with van der Waals surface area (Å²) in [5.74, 6) is 1.37. The van der Waals surface area contributed by atoms with Crippen molar-refractivity contribution >= 4 is 33.4 Å². The number of ether oxygens (including phenoxy) is 1. The first-order valence-electron chi connectivity index (χ1n) is 13.4. The molecule has 2 aromatic heterocycles. The lowest BCUT2D eigenvalue weighted by atomic mass is 9.95. The Morgan fingerprint density at radius 2 is 1.77 bits per heavy atom. The number of pyridine rings is 1. The summed E-state index contributed by atoms with van der Waals surface area (Å²) in [6.07, 6.45) is 16.9. The zero-order chi connectivity index (χ0) is 24.5. The Hall–Kier alpha value is -2.34. The number of para-hydroxylation sites is 1. The lowest BCUT2D eigenvalue weighted by molar-refractivity contribution is -0.134. The second kappa shape index (κ2) is 13.1. The van der Waals surface area contributed by atoms with Gasteiger partial charge in [0.1, 0.15) is 22.9 Å². The van der Waals surface area contributed by atoms with E-state index in [4.69, 9.17) is 9.72 Å². The van der Waals surface area contributed by atoms with Crippen molar-refractivity contribution in [1.29, 1.82) is 0 Å². The lowest BCUT2D eigenvalue weighted by Crippen LogP contribution is -2.23. The van der Waals surface area contributed by atoms with Gasteiger partial charge in [0, 0.05) is 28.7 Å². The first-order valence-corrected chi connectivity index (χ1v) is 14.2. The summed E-state index contributed by atoms with van der Waals surface area (Å²) in [6, 6.07) is 12.2. The molecule has 0 amide bonds. The molecule has 0 bridgehead atoms. The fraction of sp³-hybridized carbons (Fsp3) is 0.517. The zero-order valence-corrected chi connectivity index (χ0v) is 22.5. The largest absolute Gasteiger partial charge is 0.426 e. The number of hydrogen-bond acceptors (Lipinski definition) is 4. The molecule has 1 aromatic carbocycles. The van der Waals surface area contributed by atoms with Crippen LogP contribution in [0.15, 0.2) is 47.1 Å². The molecule has 2 heterocycles. The van der Waals surface area contributed by atoms with Crippen LogP contribution in [0.1, 0.15) is 90.4 Å². The summed E-state index contributed by atoms with van der Waals surface area (Å²) in [4.78, 5) is 17.6. The van der Waals surface area contributed by atoms with Crippen molar-refractivity contribution in [3.8, 4) is 17.0 Å². The molecule has 188 valence electrons. The van der Waals surface area contributed by atoms with Gasteiger partial charge in [-0.2, -0.15) is 0 Å². The number of halogens is 1. The predicted molar refractivity (Wildman–Crippen MR) is 147 cm³/mol. The van der Waals surface area contributed by atoms with Gasteiger partial charge in [0.15, 0.2) is 0 Å². The summed E-state index contributed by atoms with van der Waals surface area (Å²) in [6.45, 7) is 2.23. The van der Waals surface area contributed by atoms with Gasteiger partial charge in [0.05, 0.1) is 0 Å². The number of rotatable bonds is 12. The van der Waals surface area contributed by atoms with E-state index in [0.717, 1.165) is 52.9 Å². The first-order chi connectivity index (χ1) is 17.2. The summed E-state index contributed by atoms with van der Waals surface area (Å²) >= 11 is 3.61. The molecule has 0 unspecified atom stereocenters. The third kappa shape index (κ3) is 7.09. The van der Waals surface area contributed by atoms with E-state index in [2.05, 4.69) is 32.6 Å². The number of benzene rings is 1. The van der Waals surface area contributed by atoms with Crippen LogP contribution in [0, 0.1) is 0 Å². The minimum atomic E-state index is -0.167. The number of carbonyl (C=O) groups is 1. The van der Waals surface area contributed by atoms with Gasteiger partial charge < -0.3 is 10.1 Å². The molecule has 0 atom stereocenters. The van der Waals surface area contributed by atoms with Crippen molar-refractivity contribution in [3.05, 3.63) is 47.1 Å². The molecule has 0 radical (unpaired) electrons. The molecular formula is C29H38BrN3O2. The number of nitrogens with one attached hydrogen (secondary N) is 1. The number of aromatic nitrogens is 2. The molecule has 5 nitrogen and oxygen atoms in total. The van der Waals surface area contributed by atoms with Crippen LogP contribution >= 0.6 is 15.9 Å². The third-order valence-electron chi connectivity index (χ3n) is 6.88. The number of hydrogen-bond donors (Lipinski definition) is 1. The Morgan fingerprint density at radius 3 is 2.57 bits per heavy atom. The Labute approximate surface area is 217 Å². The highest BCUT2D eigenvalue weighted by Crippen LogP contribution is 2.37. The molecule has 0 aliphatic heterocycles. The lowest BCUT2D eigenvalue weighted by Gasteiger charge is -2.24. The fourth-order valence-electron chi connectivity index (χ4n) is 4.94. The number of imidazole rings is 1. The van der Waals surface area contributed by atoms with Gasteiger partial charge in [-0.1, -0.05) is 76.8 Å². The van der Waals surface area contributed by atoms with E-state index in [1.54, 1.807) is 0 Å². The number of anilines is 1. The molecule has 0 saturated heterocycles. The van der Waals surface area contributed by atoms with E-state index in [-0.39, 0.29) is 5.97 Å². The highest BCUT2D eigenvalue weighted by atomic mass is 79.9. The molecule has 1 aliphatic carbocycles. The van der Waals surface area contributed by atoms with E-state index in [1.165, 1.54) is 51.4 Å². The van der Waals surface area contributed by atoms with Gasteiger partial charge in [0.25, 0.3) is 0 Å². The minimum Gasteiger partial charge on any atom is -0.426 e. The van der Waals surface area contributed by atoms with E-state index in [1.807, 2.05) is 42.6 Å². The summed E-state index contributed by atoms with van der Waals surface area (Å²) in [5.41, 5.74) is 2.54. The van der Waals surface area contributed by atoms with Crippen LogP contribution in [0.2, 0.25) is 0 Å². The molecule has 1 N–H and O–H groups in total. The predicted octanol–water partition coefficient (Wildman–Crippen LogP) is 8.55. The Balaban J connectivity index is 1.51. The van der Waals surface area contributed by atoms with E-state index < -0.39 is 0 Å². The number of esters is 1. The van der Waals surface area contributed by atoms with Crippen LogP contribution < -0.4 is 10.1 Å². The second-order valence-electron chi connectivity index (χ2n) is 9.71. The SMILES string of the molecule is CCCCCCCCCC(=O)Oc1ccccc1-c1nc2ccc(Br)cn2c1NC1CCCCC1. The van der Waals surface area contributed by atoms with Crippen LogP contribution in [-0.4, -0.2) is 21.4 Å². The summed E-state index contributed by atoms with van der Waals surface area (Å²) < 4.78 is 8.98. The van der Waals surface area contributed by atoms with Crippen molar-refractivity contribution in [2.45, 2.75) is 96.4 Å². The molecule has 35 heavy (non-hydrogen) atoms. The van der Waals surface area contributed by atoms with Crippen molar-refractivity contribution in [3.63, 3.8) is 0 Å². The fourth-order valence-corrected chi connectivity index (χ4v) is 5.27. The summed E-state index contributed by atoms with van der Waals surface area (Å²) in [5, 5.41) is 3.78. The second-order valence-corrected chi connectivity index (χ2v) is 10.6. The van der Waals surface area contributed by atoms with Gasteiger partial charge in [-0.05, 0) is 59.5 Å². The van der Waals surface area contributed by atoms with Crippen LogP contribution in [0.4, 0.5) is 5.82 Å². The van der Waals surface area contributed by atoms with Crippen molar-refractivity contribution in [1.82, 2.24) is 9.38 Å². The maximum Gasteiger partial charge on any atom is 0.311 e. The highest BCUT2D eigenvalue weighted by molar-refractivity contribution is 9.10. The van der Waals surface area contributed by atoms with Crippen molar-refractivity contribution in [2.75, 3.05) is 5.32 Å². The topological polar surface area (TPSA) is 55.6 Å². The first kappa shape index (κ1) is 25.7. The molecule has 0 spiro atoms. The maximum absolute atomic E-state index is 12.7. The average molecular weight is 541 g/mol. The van der Waals surface area contributed by atoms with Crippen LogP contribution in [0.25, 0.3) is 16.9 Å². The van der Waals surface area contributed by atoms with Gasteiger partial charge in [-0.15, -0.1) is 0 Å². The van der Waals surface area contributed by atoms with Crippen molar-refractivity contribution in [2.24, 2.45) is 0 Å². The van der Waals surface area contributed by atoms with Gasteiger partial charge in [-0.3, -0.25) is 9.20 Å². The van der Waals surface area contributed by atoms with Gasteiger partial charge in [0.2, 0.25) is 0 Å². The van der Waals surface area contributed by atoms with Gasteiger partial charge >= 0.3 is 5.97 Å². The molecule has 1 fully saturated rings. The highest BCUT2D eigenvalue weighted by Gasteiger charge is 2.22. The minimum absolute atomic E-state index is 0.167. The molecule has 6 heteroatoms. The normalized spacial score (nSPS) is 14.3. The van der Waals surface area contributed by atoms with Crippen LogP contribution in [0.5, 0.6) is 5.75 Å². The van der Waals surface area contributed by atoms with Crippen molar-refractivity contribution < 1.29 is 9.53 Å². The summed E-state index contributed by atoms with van der Waals surface area (Å²) in [7, 11) is 0. The third-order valence-corrected chi connectivity index (χ3v) is 7.35. The molecular weight excluding hydrogens is 502 g/mol. The maximum atomic E-state index is 12.7. The Morgan fingerprint density at radius 1 is 1.03 bits per heavy atom. The van der Waals surface area contributed by atoms with E-state index >= 15 is 0 Å². The molecule has 1 aliphatic rings. The quantitative estimate of drug-likeness (QED) is 0.142. The van der Waals surface area contributed by atoms with Crippen LogP contribution in [-0.2, 0) is 4.79 Å². The Kier molecular flexibility index (Phi) is 9.64. The molecule has 1 saturated carbocycles. The monoisotopic (exact) mass is 539 g/mol. The van der Waals surface area contributed by atoms with Gasteiger partial charge in [-0.25, -0.2) is 4.98 Å². The average Bonchev–Trinajstić information content (AvgIpc) is 3.21. The molecule has 3 aromatic rings. The number of unbranched alkanes of at least 4 members (excludes halogenated alkanes) is 6.